The number of amidine groups is 1. The van der Waals surface area contributed by atoms with Gasteiger partial charge in [-0.25, -0.2) is 0 Å². The largest absolute Gasteiger partial charge is 0.280 e. The van der Waals surface area contributed by atoms with Crippen LogP contribution in [0.1, 0.15) is 16.7 Å². The molecule has 0 saturated carbocycles. The third-order valence-electron chi connectivity index (χ3n) is 3.66. The van der Waals surface area contributed by atoms with Crippen molar-refractivity contribution in [1.82, 2.24) is 5.43 Å². The van der Waals surface area contributed by atoms with Crippen LogP contribution in [0.15, 0.2) is 41.4 Å². The Morgan fingerprint density at radius 1 is 1.17 bits per heavy atom. The van der Waals surface area contributed by atoms with Crippen molar-refractivity contribution in [3.8, 4) is 0 Å². The second kappa shape index (κ2) is 7.68. The summed E-state index contributed by atoms with van der Waals surface area (Å²) >= 11 is 14.4. The van der Waals surface area contributed by atoms with Gasteiger partial charge in [0.15, 0.2) is 5.17 Å². The minimum Gasteiger partial charge on any atom is -0.280 e. The molecule has 24 heavy (non-hydrogen) atoms. The highest BCUT2D eigenvalue weighted by Gasteiger charge is 2.17. The fraction of sp³-hybridized carbons (Fsp3) is 0.278. The van der Waals surface area contributed by atoms with Crippen LogP contribution in [0.3, 0.4) is 0 Å². The summed E-state index contributed by atoms with van der Waals surface area (Å²) in [7, 11) is 0. The summed E-state index contributed by atoms with van der Waals surface area (Å²) in [4.78, 5) is 4.48. The van der Waals surface area contributed by atoms with Crippen LogP contribution in [0.25, 0.3) is 0 Å². The second-order valence-electron chi connectivity index (χ2n) is 5.80. The van der Waals surface area contributed by atoms with Gasteiger partial charge < -0.3 is 0 Å². The maximum atomic E-state index is 6.44. The lowest BCUT2D eigenvalue weighted by Gasteiger charge is -2.27. The molecule has 0 fully saturated rings. The van der Waals surface area contributed by atoms with Crippen molar-refractivity contribution in [2.75, 3.05) is 17.3 Å². The second-order valence-corrected chi connectivity index (χ2v) is 7.67. The number of thioether (sulfide) groups is 1. The number of aliphatic imine (C=N–C) groups is 1. The number of rotatable bonds is 4. The summed E-state index contributed by atoms with van der Waals surface area (Å²) in [6.45, 7) is 5.73. The number of nitrogens with one attached hydrogen (secondary N) is 1. The Bertz CT molecular complexity index is 757. The molecule has 6 heteroatoms. The van der Waals surface area contributed by atoms with Crippen LogP contribution < -0.4 is 10.4 Å². The lowest BCUT2D eigenvalue weighted by atomic mass is 10.1. The molecule has 1 aliphatic heterocycles. The molecule has 0 aromatic heterocycles. The molecule has 0 atom stereocenters. The highest BCUT2D eigenvalue weighted by Crippen LogP contribution is 2.33. The van der Waals surface area contributed by atoms with E-state index in [9.17, 15) is 0 Å². The number of halogens is 2. The molecule has 0 bridgehead atoms. The van der Waals surface area contributed by atoms with E-state index in [0.29, 0.717) is 16.6 Å². The maximum Gasteiger partial charge on any atom is 0.175 e. The number of hydrogen-bond acceptors (Lipinski definition) is 4. The van der Waals surface area contributed by atoms with Gasteiger partial charge in [0.25, 0.3) is 0 Å². The molecular weight excluding hydrogens is 361 g/mol. The van der Waals surface area contributed by atoms with Crippen molar-refractivity contribution in [2.45, 2.75) is 20.4 Å². The number of hydrogen-bond donors (Lipinski definition) is 1. The van der Waals surface area contributed by atoms with Gasteiger partial charge in [-0.2, -0.15) is 0 Å². The van der Waals surface area contributed by atoms with Crippen molar-refractivity contribution in [3.63, 3.8) is 0 Å². The normalized spacial score (nSPS) is 13.8. The Labute approximate surface area is 157 Å². The SMILES string of the molecule is Cc1cc(C)cc(CN(NC2=NCCS2)c2cccc(Cl)c2Cl)c1. The zero-order chi connectivity index (χ0) is 17.1. The first-order valence-corrected chi connectivity index (χ1v) is 9.50. The molecule has 0 unspecified atom stereocenters. The van der Waals surface area contributed by atoms with Crippen LogP contribution in [0, 0.1) is 13.8 Å². The Morgan fingerprint density at radius 2 is 1.92 bits per heavy atom. The van der Waals surface area contributed by atoms with Gasteiger partial charge in [0.05, 0.1) is 28.8 Å². The molecule has 3 rings (SSSR count). The molecule has 1 N–H and O–H groups in total. The molecule has 0 aliphatic carbocycles. The van der Waals surface area contributed by atoms with Gasteiger partial charge in [0.2, 0.25) is 0 Å². The molecule has 0 spiro atoms. The fourth-order valence-electron chi connectivity index (χ4n) is 2.75. The average molecular weight is 380 g/mol. The summed E-state index contributed by atoms with van der Waals surface area (Å²) in [5.41, 5.74) is 7.93. The van der Waals surface area contributed by atoms with Gasteiger partial charge in [0.1, 0.15) is 0 Å². The highest BCUT2D eigenvalue weighted by atomic mass is 35.5. The van der Waals surface area contributed by atoms with E-state index in [-0.39, 0.29) is 0 Å². The van der Waals surface area contributed by atoms with Crippen molar-refractivity contribution < 1.29 is 0 Å². The molecule has 2 aromatic rings. The Hall–Kier alpha value is -1.36. The third-order valence-corrected chi connectivity index (χ3v) is 5.35. The van der Waals surface area contributed by atoms with E-state index >= 15 is 0 Å². The highest BCUT2D eigenvalue weighted by molar-refractivity contribution is 8.14. The summed E-state index contributed by atoms with van der Waals surface area (Å²) in [6, 6.07) is 12.2. The van der Waals surface area contributed by atoms with Crippen LogP contribution in [0.5, 0.6) is 0 Å². The molecule has 0 saturated heterocycles. The van der Waals surface area contributed by atoms with E-state index in [4.69, 9.17) is 23.2 Å². The maximum absolute atomic E-state index is 6.44. The first-order valence-electron chi connectivity index (χ1n) is 7.75. The number of hydrazine groups is 1. The fourth-order valence-corrected chi connectivity index (χ4v) is 3.88. The molecule has 0 amide bonds. The lowest BCUT2D eigenvalue weighted by molar-refractivity contribution is 0.768. The Morgan fingerprint density at radius 3 is 2.58 bits per heavy atom. The lowest BCUT2D eigenvalue weighted by Crippen LogP contribution is -2.40. The topological polar surface area (TPSA) is 27.6 Å². The van der Waals surface area contributed by atoms with E-state index in [1.54, 1.807) is 17.8 Å². The van der Waals surface area contributed by atoms with Crippen LogP contribution >= 0.6 is 35.0 Å². The molecule has 1 heterocycles. The van der Waals surface area contributed by atoms with E-state index in [1.165, 1.54) is 16.7 Å². The standard InChI is InChI=1S/C18H19Cl2N3S/c1-12-8-13(2)10-14(9-12)11-23(22-18-21-6-7-24-18)16-5-3-4-15(19)17(16)20/h3-5,8-10H,6-7,11H2,1-2H3,(H,21,22). The van der Waals surface area contributed by atoms with E-state index in [0.717, 1.165) is 23.2 Å². The summed E-state index contributed by atoms with van der Waals surface area (Å²) in [5.74, 6) is 1.00. The molecule has 1 aliphatic rings. The van der Waals surface area contributed by atoms with Gasteiger partial charge in [-0.3, -0.25) is 15.4 Å². The van der Waals surface area contributed by atoms with Crippen LogP contribution in [0.2, 0.25) is 10.0 Å². The Balaban J connectivity index is 1.93. The summed E-state index contributed by atoms with van der Waals surface area (Å²) in [6.07, 6.45) is 0. The number of aryl methyl sites for hydroxylation is 2. The van der Waals surface area contributed by atoms with Gasteiger partial charge in [0, 0.05) is 5.75 Å². The minimum absolute atomic E-state index is 0.541. The van der Waals surface area contributed by atoms with Crippen molar-refractivity contribution in [3.05, 3.63) is 63.1 Å². The monoisotopic (exact) mass is 379 g/mol. The number of benzene rings is 2. The smallest absolute Gasteiger partial charge is 0.175 e. The van der Waals surface area contributed by atoms with E-state index in [2.05, 4.69) is 42.5 Å². The third kappa shape index (κ3) is 4.18. The number of nitrogens with zero attached hydrogens (tertiary/aromatic N) is 2. The van der Waals surface area contributed by atoms with Gasteiger partial charge in [-0.05, 0) is 31.5 Å². The molecular formula is C18H19Cl2N3S. The minimum atomic E-state index is 0.541. The summed E-state index contributed by atoms with van der Waals surface area (Å²) in [5, 5.41) is 4.01. The first kappa shape index (κ1) is 17.5. The zero-order valence-electron chi connectivity index (χ0n) is 13.6. The van der Waals surface area contributed by atoms with Crippen molar-refractivity contribution in [1.29, 1.82) is 0 Å². The molecule has 0 radical (unpaired) electrons. The molecule has 3 nitrogen and oxygen atoms in total. The first-order chi connectivity index (χ1) is 11.5. The predicted molar refractivity (Wildman–Crippen MR) is 106 cm³/mol. The van der Waals surface area contributed by atoms with Gasteiger partial charge in [-0.1, -0.05) is 70.4 Å². The van der Waals surface area contributed by atoms with Gasteiger partial charge >= 0.3 is 0 Å². The average Bonchev–Trinajstić information content (AvgIpc) is 3.01. The predicted octanol–water partition coefficient (Wildman–Crippen LogP) is 5.22. The van der Waals surface area contributed by atoms with Crippen LogP contribution in [0.4, 0.5) is 5.69 Å². The zero-order valence-corrected chi connectivity index (χ0v) is 16.0. The van der Waals surface area contributed by atoms with E-state index < -0.39 is 0 Å². The number of anilines is 1. The summed E-state index contributed by atoms with van der Waals surface area (Å²) < 4.78 is 0. The molecule has 2 aromatic carbocycles. The Kier molecular flexibility index (Phi) is 5.59. The van der Waals surface area contributed by atoms with Crippen molar-refractivity contribution in [2.24, 2.45) is 4.99 Å². The van der Waals surface area contributed by atoms with Crippen molar-refractivity contribution >= 4 is 45.8 Å². The van der Waals surface area contributed by atoms with Gasteiger partial charge in [-0.15, -0.1) is 0 Å². The van der Waals surface area contributed by atoms with E-state index in [1.807, 2.05) is 17.1 Å². The van der Waals surface area contributed by atoms with Crippen LogP contribution in [-0.4, -0.2) is 17.5 Å². The molecule has 126 valence electrons. The van der Waals surface area contributed by atoms with Crippen LogP contribution in [-0.2, 0) is 6.54 Å². The quantitative estimate of drug-likeness (QED) is 0.737.